The molecule has 12 nitrogen and oxygen atoms in total. The van der Waals surface area contributed by atoms with Crippen LogP contribution in [-0.4, -0.2) is 103 Å². The van der Waals surface area contributed by atoms with Crippen LogP contribution in [0.5, 0.6) is 0 Å². The van der Waals surface area contributed by atoms with E-state index < -0.39 is 23.6 Å². The van der Waals surface area contributed by atoms with Gasteiger partial charge in [-0.05, 0) is 64.3 Å². The summed E-state index contributed by atoms with van der Waals surface area (Å²) in [6, 6.07) is 6.62. The Labute approximate surface area is 241 Å². The van der Waals surface area contributed by atoms with Gasteiger partial charge in [0.1, 0.15) is 11.6 Å². The molecule has 1 atom stereocenters. The Morgan fingerprint density at radius 1 is 0.927 bits per heavy atom. The van der Waals surface area contributed by atoms with E-state index in [1.165, 1.54) is 0 Å². The summed E-state index contributed by atoms with van der Waals surface area (Å²) in [7, 11) is 0. The summed E-state index contributed by atoms with van der Waals surface area (Å²) in [4.78, 5) is 67.0. The topological polar surface area (TPSA) is 140 Å². The third-order valence-corrected chi connectivity index (χ3v) is 7.62. The van der Waals surface area contributed by atoms with Gasteiger partial charge in [0, 0.05) is 75.9 Å². The molecule has 0 bridgehead atoms. The highest BCUT2D eigenvalue weighted by molar-refractivity contribution is 6.03. The maximum atomic E-state index is 12.8. The Bertz CT molecular complexity index is 1120. The van der Waals surface area contributed by atoms with Crippen molar-refractivity contribution in [2.45, 2.75) is 70.6 Å². The lowest BCUT2D eigenvalue weighted by molar-refractivity contribution is -0.135. The maximum absolute atomic E-state index is 12.8. The zero-order valence-electron chi connectivity index (χ0n) is 24.2. The first kappa shape index (κ1) is 30.3. The van der Waals surface area contributed by atoms with Gasteiger partial charge in [-0.1, -0.05) is 0 Å². The fourth-order valence-electron chi connectivity index (χ4n) is 5.29. The molecule has 0 spiro atoms. The molecule has 4 rings (SSSR count). The van der Waals surface area contributed by atoms with E-state index in [1.807, 2.05) is 37.8 Å². The number of carbonyl (C=O) groups is 5. The van der Waals surface area contributed by atoms with Crippen LogP contribution in [-0.2, 0) is 19.1 Å². The van der Waals surface area contributed by atoms with Crippen molar-refractivity contribution < 1.29 is 28.7 Å². The summed E-state index contributed by atoms with van der Waals surface area (Å²) in [5, 5.41) is 7.85. The van der Waals surface area contributed by atoms with Gasteiger partial charge in [-0.2, -0.15) is 0 Å². The molecule has 41 heavy (non-hydrogen) atoms. The second-order valence-corrected chi connectivity index (χ2v) is 11.9. The molecule has 0 saturated carbocycles. The van der Waals surface area contributed by atoms with E-state index in [-0.39, 0.29) is 30.2 Å². The van der Waals surface area contributed by atoms with Gasteiger partial charge in [-0.3, -0.25) is 29.4 Å². The highest BCUT2D eigenvalue weighted by Crippen LogP contribution is 2.19. The normalized spacial score (nSPS) is 20.8. The number of nitrogens with zero attached hydrogens (tertiary/aromatic N) is 3. The largest absolute Gasteiger partial charge is 0.444 e. The molecular weight excluding hydrogens is 528 g/mol. The number of anilines is 1. The minimum Gasteiger partial charge on any atom is -0.444 e. The lowest BCUT2D eigenvalue weighted by atomic mass is 10.0. The molecule has 5 amide bonds. The van der Waals surface area contributed by atoms with Crippen molar-refractivity contribution >= 4 is 35.4 Å². The molecule has 12 heteroatoms. The van der Waals surface area contributed by atoms with E-state index in [0.717, 1.165) is 44.7 Å². The standard InChI is InChI=1S/C29H42N6O6/c1-29(2,3)41-28(40)30-21-10-14-35(15-11-21)25(37)12-13-33-16-18-34(19-17-33)22-6-4-20(5-7-22)26(38)31-23-8-9-24(36)32-27(23)39/h4-7,21,23H,8-19H2,1-3H3,(H,30,40)(H,31,38)(H,32,36,39). The monoisotopic (exact) mass is 570 g/mol. The number of imide groups is 1. The van der Waals surface area contributed by atoms with Crippen LogP contribution < -0.4 is 20.9 Å². The van der Waals surface area contributed by atoms with Gasteiger partial charge < -0.3 is 25.2 Å². The molecule has 3 heterocycles. The summed E-state index contributed by atoms with van der Waals surface area (Å²) in [6.07, 6.45) is 2.02. The number of ether oxygens (including phenoxy) is 1. The minimum atomic E-state index is -0.701. The fourth-order valence-corrected chi connectivity index (χ4v) is 5.29. The van der Waals surface area contributed by atoms with Crippen molar-refractivity contribution in [2.24, 2.45) is 0 Å². The van der Waals surface area contributed by atoms with Crippen LogP contribution in [0.2, 0.25) is 0 Å². The van der Waals surface area contributed by atoms with Gasteiger partial charge in [0.2, 0.25) is 17.7 Å². The minimum absolute atomic E-state index is 0.0239. The van der Waals surface area contributed by atoms with Crippen LogP contribution in [0.3, 0.4) is 0 Å². The smallest absolute Gasteiger partial charge is 0.407 e. The first-order chi connectivity index (χ1) is 19.5. The first-order valence-electron chi connectivity index (χ1n) is 14.5. The highest BCUT2D eigenvalue weighted by atomic mass is 16.6. The summed E-state index contributed by atoms with van der Waals surface area (Å²) < 4.78 is 5.33. The Hall–Kier alpha value is -3.67. The van der Waals surface area contributed by atoms with Gasteiger partial charge in [-0.15, -0.1) is 0 Å². The number of hydrogen-bond donors (Lipinski definition) is 3. The van der Waals surface area contributed by atoms with Crippen molar-refractivity contribution in [3.05, 3.63) is 29.8 Å². The zero-order valence-corrected chi connectivity index (χ0v) is 24.2. The molecule has 0 aromatic heterocycles. The number of benzene rings is 1. The van der Waals surface area contributed by atoms with Crippen LogP contribution in [0.1, 0.15) is 63.2 Å². The first-order valence-corrected chi connectivity index (χ1v) is 14.5. The predicted molar refractivity (Wildman–Crippen MR) is 152 cm³/mol. The third-order valence-electron chi connectivity index (χ3n) is 7.62. The second-order valence-electron chi connectivity index (χ2n) is 11.9. The molecule has 3 fully saturated rings. The average Bonchev–Trinajstić information content (AvgIpc) is 2.93. The average molecular weight is 571 g/mol. The Morgan fingerprint density at radius 3 is 2.20 bits per heavy atom. The van der Waals surface area contributed by atoms with Gasteiger partial charge in [-0.25, -0.2) is 4.79 Å². The summed E-state index contributed by atoms with van der Waals surface area (Å²) in [5.41, 5.74) is 0.942. The SMILES string of the molecule is CC(C)(C)OC(=O)NC1CCN(C(=O)CCN2CCN(c3ccc(C(=O)NC4CCC(=O)NC4=O)cc3)CC2)CC1. The number of amides is 5. The lowest BCUT2D eigenvalue weighted by Crippen LogP contribution is -2.52. The predicted octanol–water partition coefficient (Wildman–Crippen LogP) is 1.25. The number of piperidine rings is 2. The molecule has 1 unspecified atom stereocenters. The molecule has 3 N–H and O–H groups in total. The fraction of sp³-hybridized carbons (Fsp3) is 0.621. The Morgan fingerprint density at radius 2 is 1.59 bits per heavy atom. The van der Waals surface area contributed by atoms with Gasteiger partial charge in [0.15, 0.2) is 0 Å². The van der Waals surface area contributed by atoms with E-state index in [2.05, 4.69) is 25.8 Å². The van der Waals surface area contributed by atoms with Crippen molar-refractivity contribution in [2.75, 3.05) is 50.7 Å². The van der Waals surface area contributed by atoms with Crippen molar-refractivity contribution in [1.29, 1.82) is 0 Å². The molecule has 3 aliphatic heterocycles. The van der Waals surface area contributed by atoms with Crippen LogP contribution in [0.4, 0.5) is 10.5 Å². The van der Waals surface area contributed by atoms with E-state index in [4.69, 9.17) is 4.74 Å². The number of alkyl carbamates (subject to hydrolysis) is 1. The molecule has 3 saturated heterocycles. The molecule has 0 aliphatic carbocycles. The maximum Gasteiger partial charge on any atom is 0.407 e. The number of nitrogens with one attached hydrogen (secondary N) is 3. The van der Waals surface area contributed by atoms with E-state index in [9.17, 15) is 24.0 Å². The summed E-state index contributed by atoms with van der Waals surface area (Å²) >= 11 is 0. The van der Waals surface area contributed by atoms with Crippen molar-refractivity contribution in [1.82, 2.24) is 25.8 Å². The highest BCUT2D eigenvalue weighted by Gasteiger charge is 2.29. The molecule has 0 radical (unpaired) electrons. The number of hydrogen-bond acceptors (Lipinski definition) is 8. The van der Waals surface area contributed by atoms with Gasteiger partial charge in [0.05, 0.1) is 0 Å². The number of likely N-dealkylation sites (tertiary alicyclic amines) is 1. The van der Waals surface area contributed by atoms with E-state index >= 15 is 0 Å². The van der Waals surface area contributed by atoms with Crippen LogP contribution in [0, 0.1) is 0 Å². The number of rotatable bonds is 7. The molecule has 1 aromatic carbocycles. The summed E-state index contributed by atoms with van der Waals surface area (Å²) in [6.45, 7) is 10.8. The molecular formula is C29H42N6O6. The molecule has 224 valence electrons. The number of piperazine rings is 1. The van der Waals surface area contributed by atoms with E-state index in [1.54, 1.807) is 12.1 Å². The van der Waals surface area contributed by atoms with Crippen LogP contribution in [0.25, 0.3) is 0 Å². The van der Waals surface area contributed by atoms with Gasteiger partial charge >= 0.3 is 6.09 Å². The van der Waals surface area contributed by atoms with Crippen LogP contribution >= 0.6 is 0 Å². The van der Waals surface area contributed by atoms with Crippen molar-refractivity contribution in [3.63, 3.8) is 0 Å². The molecule has 1 aromatic rings. The molecule has 3 aliphatic rings. The van der Waals surface area contributed by atoms with Crippen molar-refractivity contribution in [3.8, 4) is 0 Å². The van der Waals surface area contributed by atoms with Gasteiger partial charge in [0.25, 0.3) is 5.91 Å². The quantitative estimate of drug-likeness (QED) is 0.416. The van der Waals surface area contributed by atoms with E-state index in [0.29, 0.717) is 38.0 Å². The zero-order chi connectivity index (χ0) is 29.6. The Balaban J connectivity index is 1.14. The lowest BCUT2D eigenvalue weighted by Gasteiger charge is -2.37. The van der Waals surface area contributed by atoms with Crippen LogP contribution in [0.15, 0.2) is 24.3 Å². The second kappa shape index (κ2) is 13.3. The Kier molecular flexibility index (Phi) is 9.85. The summed E-state index contributed by atoms with van der Waals surface area (Å²) in [5.74, 6) is -0.982. The third kappa shape index (κ3) is 8.91. The number of carbonyl (C=O) groups excluding carboxylic acids is 5.